The molecule has 0 aliphatic carbocycles. The molecule has 4 heteroatoms. The van der Waals surface area contributed by atoms with Crippen molar-refractivity contribution in [1.82, 2.24) is 4.57 Å². The minimum Gasteiger partial charge on any atom is -0.491 e. The summed E-state index contributed by atoms with van der Waals surface area (Å²) in [4.78, 5) is 0. The van der Waals surface area contributed by atoms with Gasteiger partial charge in [-0.3, -0.25) is 0 Å². The molecular weight excluding hydrogens is 338 g/mol. The number of benzene rings is 2. The zero-order valence-electron chi connectivity index (χ0n) is 16.2. The molecule has 1 aromatic heterocycles. The monoisotopic (exact) mass is 367 g/mol. The van der Waals surface area contributed by atoms with Crippen LogP contribution in [0, 0.1) is 0 Å². The van der Waals surface area contributed by atoms with E-state index in [2.05, 4.69) is 47.9 Å². The summed E-state index contributed by atoms with van der Waals surface area (Å²) in [5.74, 6) is 0.757. The van der Waals surface area contributed by atoms with E-state index in [-0.39, 0.29) is 13.2 Å². The highest BCUT2D eigenvalue weighted by Gasteiger charge is 2.11. The molecule has 0 bridgehead atoms. The number of aliphatic hydroxyl groups is 1. The van der Waals surface area contributed by atoms with Crippen LogP contribution in [0.1, 0.15) is 26.2 Å². The quantitative estimate of drug-likeness (QED) is 0.519. The van der Waals surface area contributed by atoms with Crippen LogP contribution in [-0.2, 0) is 11.3 Å². The maximum atomic E-state index is 9.80. The van der Waals surface area contributed by atoms with Gasteiger partial charge in [0.25, 0.3) is 0 Å². The summed E-state index contributed by atoms with van der Waals surface area (Å²) >= 11 is 0. The molecule has 0 saturated carbocycles. The molecular formula is C23H29NO3. The Hall–Kier alpha value is -2.30. The molecule has 0 amide bonds. The molecule has 2 aromatic carbocycles. The number of fused-ring (bicyclic) bond motifs is 1. The fraction of sp³-hybridized carbons (Fsp3) is 0.391. The van der Waals surface area contributed by atoms with Crippen molar-refractivity contribution in [3.05, 3.63) is 54.6 Å². The van der Waals surface area contributed by atoms with Crippen LogP contribution in [-0.4, -0.2) is 36.1 Å². The molecule has 144 valence electrons. The standard InChI is InChI=1S/C23H29NO3/c1-3-4-7-13-24-22-12-6-5-9-19(22)15-23(24)18-10-8-11-21(14-18)27-17-20(25)16-26-2/h5-6,8-12,14-15,20,25H,3-4,7,13,16-17H2,1-2H3. The predicted molar refractivity (Wildman–Crippen MR) is 110 cm³/mol. The smallest absolute Gasteiger partial charge is 0.120 e. The molecule has 1 N–H and O–H groups in total. The first-order valence-corrected chi connectivity index (χ1v) is 9.71. The molecule has 0 radical (unpaired) electrons. The SMILES string of the molecule is CCCCCn1c(-c2cccc(OCC(O)COC)c2)cc2ccccc21. The Labute approximate surface area is 161 Å². The van der Waals surface area contributed by atoms with Crippen LogP contribution in [0.25, 0.3) is 22.2 Å². The van der Waals surface area contributed by atoms with E-state index in [0.717, 1.165) is 17.9 Å². The normalized spacial score (nSPS) is 12.4. The fourth-order valence-corrected chi connectivity index (χ4v) is 3.39. The van der Waals surface area contributed by atoms with E-state index in [1.54, 1.807) is 7.11 Å². The Bertz CT molecular complexity index is 856. The Kier molecular flexibility index (Phi) is 6.91. The van der Waals surface area contributed by atoms with Gasteiger partial charge in [0.15, 0.2) is 0 Å². The lowest BCUT2D eigenvalue weighted by Crippen LogP contribution is -2.22. The number of nitrogens with zero attached hydrogens (tertiary/aromatic N) is 1. The zero-order chi connectivity index (χ0) is 19.1. The van der Waals surface area contributed by atoms with Crippen molar-refractivity contribution < 1.29 is 14.6 Å². The highest BCUT2D eigenvalue weighted by molar-refractivity contribution is 5.87. The molecule has 0 spiro atoms. The van der Waals surface area contributed by atoms with E-state index in [1.165, 1.54) is 35.9 Å². The van der Waals surface area contributed by atoms with E-state index in [1.807, 2.05) is 18.2 Å². The topological polar surface area (TPSA) is 43.6 Å². The molecule has 27 heavy (non-hydrogen) atoms. The second-order valence-electron chi connectivity index (χ2n) is 6.90. The Morgan fingerprint density at radius 1 is 1.00 bits per heavy atom. The van der Waals surface area contributed by atoms with Gasteiger partial charge in [-0.05, 0) is 30.7 Å². The zero-order valence-corrected chi connectivity index (χ0v) is 16.2. The highest BCUT2D eigenvalue weighted by Crippen LogP contribution is 2.30. The van der Waals surface area contributed by atoms with Gasteiger partial charge in [0.05, 0.1) is 6.61 Å². The molecule has 1 unspecified atom stereocenters. The van der Waals surface area contributed by atoms with Crippen molar-refractivity contribution >= 4 is 10.9 Å². The van der Waals surface area contributed by atoms with Gasteiger partial charge in [-0.1, -0.05) is 50.1 Å². The lowest BCUT2D eigenvalue weighted by Gasteiger charge is -2.14. The van der Waals surface area contributed by atoms with E-state index >= 15 is 0 Å². The van der Waals surface area contributed by atoms with Crippen LogP contribution < -0.4 is 4.74 Å². The van der Waals surface area contributed by atoms with Crippen LogP contribution in [0.2, 0.25) is 0 Å². The van der Waals surface area contributed by atoms with Crippen molar-refractivity contribution in [2.75, 3.05) is 20.3 Å². The number of methoxy groups -OCH3 is 1. The van der Waals surface area contributed by atoms with Gasteiger partial charge in [0, 0.05) is 35.8 Å². The largest absolute Gasteiger partial charge is 0.491 e. The molecule has 0 aliphatic rings. The minimum absolute atomic E-state index is 0.219. The van der Waals surface area contributed by atoms with Crippen LogP contribution in [0.3, 0.4) is 0 Å². The number of aliphatic hydroxyl groups excluding tert-OH is 1. The first-order chi connectivity index (χ1) is 13.2. The molecule has 0 saturated heterocycles. The summed E-state index contributed by atoms with van der Waals surface area (Å²) in [5.41, 5.74) is 3.60. The van der Waals surface area contributed by atoms with Gasteiger partial charge in [0.2, 0.25) is 0 Å². The lowest BCUT2D eigenvalue weighted by atomic mass is 10.1. The van der Waals surface area contributed by atoms with Crippen molar-refractivity contribution in [2.24, 2.45) is 0 Å². The molecule has 4 nitrogen and oxygen atoms in total. The maximum absolute atomic E-state index is 9.80. The first kappa shape index (κ1) is 19.5. The number of rotatable bonds is 10. The van der Waals surface area contributed by atoms with Crippen molar-refractivity contribution in [3.8, 4) is 17.0 Å². The number of aryl methyl sites for hydroxylation is 1. The van der Waals surface area contributed by atoms with Gasteiger partial charge in [-0.2, -0.15) is 0 Å². The molecule has 0 aliphatic heterocycles. The number of ether oxygens (including phenoxy) is 2. The van der Waals surface area contributed by atoms with Crippen molar-refractivity contribution in [2.45, 2.75) is 38.8 Å². The lowest BCUT2D eigenvalue weighted by molar-refractivity contribution is 0.0325. The Morgan fingerprint density at radius 2 is 1.85 bits per heavy atom. The minimum atomic E-state index is -0.626. The van der Waals surface area contributed by atoms with E-state index in [4.69, 9.17) is 9.47 Å². The first-order valence-electron chi connectivity index (χ1n) is 9.71. The second-order valence-corrected chi connectivity index (χ2v) is 6.90. The van der Waals surface area contributed by atoms with Crippen LogP contribution in [0.15, 0.2) is 54.6 Å². The Morgan fingerprint density at radius 3 is 2.67 bits per heavy atom. The van der Waals surface area contributed by atoms with Crippen LogP contribution in [0.4, 0.5) is 0 Å². The van der Waals surface area contributed by atoms with E-state index in [9.17, 15) is 5.11 Å². The summed E-state index contributed by atoms with van der Waals surface area (Å²) in [6, 6.07) is 18.9. The third-order valence-electron chi connectivity index (χ3n) is 4.73. The predicted octanol–water partition coefficient (Wildman–Crippen LogP) is 4.88. The number of aromatic nitrogens is 1. The molecule has 1 atom stereocenters. The van der Waals surface area contributed by atoms with Gasteiger partial charge in [-0.15, -0.1) is 0 Å². The van der Waals surface area contributed by atoms with Gasteiger partial charge >= 0.3 is 0 Å². The van der Waals surface area contributed by atoms with Crippen LogP contribution >= 0.6 is 0 Å². The molecule has 3 aromatic rings. The molecule has 1 heterocycles. The average Bonchev–Trinajstić information content (AvgIpc) is 3.06. The fourth-order valence-electron chi connectivity index (χ4n) is 3.39. The molecule has 0 fully saturated rings. The van der Waals surface area contributed by atoms with Crippen LogP contribution in [0.5, 0.6) is 5.75 Å². The highest BCUT2D eigenvalue weighted by atomic mass is 16.5. The van der Waals surface area contributed by atoms with Crippen molar-refractivity contribution in [1.29, 1.82) is 0 Å². The van der Waals surface area contributed by atoms with E-state index in [0.29, 0.717) is 0 Å². The number of para-hydroxylation sites is 1. The third-order valence-corrected chi connectivity index (χ3v) is 4.73. The van der Waals surface area contributed by atoms with Gasteiger partial charge < -0.3 is 19.1 Å². The number of hydrogen-bond acceptors (Lipinski definition) is 3. The average molecular weight is 367 g/mol. The molecule has 3 rings (SSSR count). The van der Waals surface area contributed by atoms with Crippen molar-refractivity contribution in [3.63, 3.8) is 0 Å². The van der Waals surface area contributed by atoms with Gasteiger partial charge in [-0.25, -0.2) is 0 Å². The number of unbranched alkanes of at least 4 members (excludes halogenated alkanes) is 2. The van der Waals surface area contributed by atoms with E-state index < -0.39 is 6.10 Å². The van der Waals surface area contributed by atoms with Gasteiger partial charge in [0.1, 0.15) is 18.5 Å². The summed E-state index contributed by atoms with van der Waals surface area (Å²) < 4.78 is 13.1. The Balaban J connectivity index is 1.87. The summed E-state index contributed by atoms with van der Waals surface area (Å²) in [7, 11) is 1.57. The summed E-state index contributed by atoms with van der Waals surface area (Å²) in [6.45, 7) is 3.73. The summed E-state index contributed by atoms with van der Waals surface area (Å²) in [5, 5.41) is 11.1. The summed E-state index contributed by atoms with van der Waals surface area (Å²) in [6.07, 6.45) is 2.98. The number of hydrogen-bond donors (Lipinski definition) is 1. The maximum Gasteiger partial charge on any atom is 0.120 e. The third kappa shape index (κ3) is 4.90. The second kappa shape index (κ2) is 9.58.